The average Bonchev–Trinajstić information content (AvgIpc) is 2.59. The Labute approximate surface area is 158 Å². The minimum Gasteiger partial charge on any atom is -0.493 e. The molecule has 0 aliphatic heterocycles. The van der Waals surface area contributed by atoms with Crippen molar-refractivity contribution < 1.29 is 19.4 Å². The predicted octanol–water partition coefficient (Wildman–Crippen LogP) is 4.13. The van der Waals surface area contributed by atoms with E-state index in [1.54, 1.807) is 7.11 Å². The molecule has 0 aliphatic carbocycles. The first kappa shape index (κ1) is 20.1. The van der Waals surface area contributed by atoms with E-state index in [0.29, 0.717) is 29.7 Å². The molecule has 0 aromatic heterocycles. The number of carboxylic acids is 1. The summed E-state index contributed by atoms with van der Waals surface area (Å²) in [4.78, 5) is 11.4. The Kier molecular flexibility index (Phi) is 7.30. The lowest BCUT2D eigenvalue weighted by Gasteiger charge is -2.20. The maximum absolute atomic E-state index is 11.4. The number of halogens is 1. The number of hydrogen-bond acceptors (Lipinski definition) is 4. The van der Waals surface area contributed by atoms with E-state index in [2.05, 4.69) is 5.32 Å². The Balaban J connectivity index is 2.17. The van der Waals surface area contributed by atoms with E-state index < -0.39 is 12.0 Å². The summed E-state index contributed by atoms with van der Waals surface area (Å²) in [6, 6.07) is 12.4. The minimum atomic E-state index is -0.871. The molecule has 0 bridgehead atoms. The first-order chi connectivity index (χ1) is 12.4. The van der Waals surface area contributed by atoms with Gasteiger partial charge in [0.15, 0.2) is 11.5 Å². The number of benzene rings is 2. The van der Waals surface area contributed by atoms with Crippen molar-refractivity contribution >= 4 is 17.6 Å². The van der Waals surface area contributed by atoms with Crippen LogP contribution in [0.2, 0.25) is 5.02 Å². The molecule has 1 atom stereocenters. The van der Waals surface area contributed by atoms with Crippen LogP contribution in [0.15, 0.2) is 42.5 Å². The Morgan fingerprint density at radius 3 is 2.58 bits per heavy atom. The summed E-state index contributed by atoms with van der Waals surface area (Å²) in [6.07, 6.45) is 0. The number of carbonyl (C=O) groups is 1. The monoisotopic (exact) mass is 377 g/mol. The molecule has 0 saturated heterocycles. The van der Waals surface area contributed by atoms with Gasteiger partial charge >= 0.3 is 5.97 Å². The van der Waals surface area contributed by atoms with Crippen LogP contribution in [0.4, 0.5) is 0 Å². The zero-order valence-corrected chi connectivity index (χ0v) is 15.9. The number of methoxy groups -OCH3 is 1. The van der Waals surface area contributed by atoms with Gasteiger partial charge in [-0.15, -0.1) is 0 Å². The normalized spacial score (nSPS) is 12.0. The van der Waals surface area contributed by atoms with Gasteiger partial charge in [-0.1, -0.05) is 49.7 Å². The molecule has 0 saturated carbocycles. The van der Waals surface area contributed by atoms with Gasteiger partial charge in [-0.25, -0.2) is 0 Å². The third-order valence-corrected chi connectivity index (χ3v) is 4.23. The second kappa shape index (κ2) is 9.46. The molecule has 0 radical (unpaired) electrons. The molecule has 6 heteroatoms. The number of hydrogen-bond donors (Lipinski definition) is 2. The van der Waals surface area contributed by atoms with E-state index in [1.165, 1.54) is 0 Å². The van der Waals surface area contributed by atoms with Crippen molar-refractivity contribution in [3.8, 4) is 11.5 Å². The molecule has 0 amide bonds. The molecule has 0 spiro atoms. The second-order valence-corrected chi connectivity index (χ2v) is 6.74. The van der Waals surface area contributed by atoms with Crippen LogP contribution in [0.3, 0.4) is 0 Å². The van der Waals surface area contributed by atoms with E-state index in [9.17, 15) is 9.90 Å². The average molecular weight is 378 g/mol. The van der Waals surface area contributed by atoms with E-state index in [4.69, 9.17) is 21.1 Å². The SMILES string of the molecule is COc1cccc(CNC(C(=O)O)C(C)C)c1OCc1cccc(Cl)c1. The number of nitrogens with one attached hydrogen (secondary N) is 1. The summed E-state index contributed by atoms with van der Waals surface area (Å²) < 4.78 is 11.4. The quantitative estimate of drug-likeness (QED) is 0.687. The molecule has 1 unspecified atom stereocenters. The van der Waals surface area contributed by atoms with Gasteiger partial charge in [-0.2, -0.15) is 0 Å². The highest BCUT2D eigenvalue weighted by Crippen LogP contribution is 2.32. The lowest BCUT2D eigenvalue weighted by Crippen LogP contribution is -2.40. The van der Waals surface area contributed by atoms with Gasteiger partial charge in [0.05, 0.1) is 7.11 Å². The predicted molar refractivity (Wildman–Crippen MR) is 102 cm³/mol. The zero-order chi connectivity index (χ0) is 19.1. The topological polar surface area (TPSA) is 67.8 Å². The Hall–Kier alpha value is -2.24. The smallest absolute Gasteiger partial charge is 0.320 e. The van der Waals surface area contributed by atoms with Crippen LogP contribution < -0.4 is 14.8 Å². The molecular weight excluding hydrogens is 354 g/mol. The lowest BCUT2D eigenvalue weighted by molar-refractivity contribution is -0.140. The van der Waals surface area contributed by atoms with E-state index >= 15 is 0 Å². The number of carboxylic acid groups (broad SMARTS) is 1. The van der Waals surface area contributed by atoms with Gasteiger partial charge in [0, 0.05) is 17.1 Å². The third-order valence-electron chi connectivity index (χ3n) is 4.00. The molecule has 2 N–H and O–H groups in total. The van der Waals surface area contributed by atoms with Crippen LogP contribution in [-0.2, 0) is 17.9 Å². The molecule has 0 aliphatic rings. The molecular formula is C20H24ClNO4. The summed E-state index contributed by atoms with van der Waals surface area (Å²) in [5.74, 6) is 0.288. The number of para-hydroxylation sites is 1. The molecule has 2 aromatic rings. The maximum atomic E-state index is 11.4. The molecule has 0 fully saturated rings. The summed E-state index contributed by atoms with van der Waals surface area (Å²) in [5, 5.41) is 13.1. The van der Waals surface area contributed by atoms with Crippen molar-refractivity contribution in [3.05, 3.63) is 58.6 Å². The number of aliphatic carboxylic acids is 1. The van der Waals surface area contributed by atoms with Gasteiger partial charge in [0.2, 0.25) is 0 Å². The van der Waals surface area contributed by atoms with Gasteiger partial charge < -0.3 is 14.6 Å². The third kappa shape index (κ3) is 5.38. The molecule has 0 heterocycles. The van der Waals surface area contributed by atoms with E-state index in [0.717, 1.165) is 11.1 Å². The summed E-state index contributed by atoms with van der Waals surface area (Å²) in [7, 11) is 1.58. The zero-order valence-electron chi connectivity index (χ0n) is 15.2. The standard InChI is InChI=1S/C20H24ClNO4/c1-13(2)18(20(23)24)22-11-15-7-5-9-17(25-3)19(15)26-12-14-6-4-8-16(21)10-14/h4-10,13,18,22H,11-12H2,1-3H3,(H,23,24). The summed E-state index contributed by atoms with van der Waals surface area (Å²) in [6.45, 7) is 4.43. The van der Waals surface area contributed by atoms with Gasteiger partial charge in [-0.3, -0.25) is 10.1 Å². The molecule has 2 rings (SSSR count). The van der Waals surface area contributed by atoms with Gasteiger partial charge in [0.1, 0.15) is 12.6 Å². The van der Waals surface area contributed by atoms with Crippen LogP contribution in [-0.4, -0.2) is 24.2 Å². The highest BCUT2D eigenvalue weighted by molar-refractivity contribution is 6.30. The van der Waals surface area contributed by atoms with Gasteiger partial charge in [0.25, 0.3) is 0 Å². The van der Waals surface area contributed by atoms with Crippen molar-refractivity contribution in [1.29, 1.82) is 0 Å². The van der Waals surface area contributed by atoms with Crippen LogP contribution in [0.1, 0.15) is 25.0 Å². The lowest BCUT2D eigenvalue weighted by atomic mass is 10.0. The highest BCUT2D eigenvalue weighted by Gasteiger charge is 2.21. The van der Waals surface area contributed by atoms with E-state index in [1.807, 2.05) is 56.3 Å². The van der Waals surface area contributed by atoms with Crippen LogP contribution >= 0.6 is 11.6 Å². The van der Waals surface area contributed by atoms with Crippen molar-refractivity contribution in [2.45, 2.75) is 33.0 Å². The summed E-state index contributed by atoms with van der Waals surface area (Å²) >= 11 is 6.01. The molecule has 140 valence electrons. The fourth-order valence-corrected chi connectivity index (χ4v) is 2.85. The first-order valence-electron chi connectivity index (χ1n) is 8.41. The molecule has 5 nitrogen and oxygen atoms in total. The fourth-order valence-electron chi connectivity index (χ4n) is 2.64. The van der Waals surface area contributed by atoms with Crippen molar-refractivity contribution in [2.24, 2.45) is 5.92 Å². The van der Waals surface area contributed by atoms with Crippen LogP contribution in [0.25, 0.3) is 0 Å². The molecule has 26 heavy (non-hydrogen) atoms. The molecule has 2 aromatic carbocycles. The Morgan fingerprint density at radius 2 is 1.96 bits per heavy atom. The van der Waals surface area contributed by atoms with Gasteiger partial charge in [-0.05, 0) is 29.7 Å². The van der Waals surface area contributed by atoms with Crippen molar-refractivity contribution in [2.75, 3.05) is 7.11 Å². The first-order valence-corrected chi connectivity index (χ1v) is 8.79. The summed E-state index contributed by atoms with van der Waals surface area (Å²) in [5.41, 5.74) is 1.77. The van der Waals surface area contributed by atoms with Crippen LogP contribution in [0.5, 0.6) is 11.5 Å². The largest absolute Gasteiger partial charge is 0.493 e. The van der Waals surface area contributed by atoms with Crippen molar-refractivity contribution in [3.63, 3.8) is 0 Å². The van der Waals surface area contributed by atoms with Crippen LogP contribution in [0, 0.1) is 5.92 Å². The van der Waals surface area contributed by atoms with Crippen molar-refractivity contribution in [1.82, 2.24) is 5.32 Å². The second-order valence-electron chi connectivity index (χ2n) is 6.31. The minimum absolute atomic E-state index is 0.0334. The maximum Gasteiger partial charge on any atom is 0.320 e. The Morgan fingerprint density at radius 1 is 1.23 bits per heavy atom. The van der Waals surface area contributed by atoms with E-state index in [-0.39, 0.29) is 5.92 Å². The Bertz CT molecular complexity index is 748. The number of rotatable bonds is 9. The highest BCUT2D eigenvalue weighted by atomic mass is 35.5. The fraction of sp³-hybridized carbons (Fsp3) is 0.350. The number of ether oxygens (including phenoxy) is 2.